The maximum Gasteiger partial charge on any atom is 0.0725 e. The molecule has 2 aliphatic carbocycles. The van der Waals surface area contributed by atoms with E-state index in [4.69, 9.17) is 0 Å². The molecule has 0 unspecified atom stereocenters. The highest BCUT2D eigenvalue weighted by atomic mass is 14.5. The van der Waals surface area contributed by atoms with Crippen molar-refractivity contribution in [1.29, 1.82) is 0 Å². The summed E-state index contributed by atoms with van der Waals surface area (Å²) in [4.78, 5) is 0. The van der Waals surface area contributed by atoms with E-state index in [1.165, 1.54) is 55.7 Å². The van der Waals surface area contributed by atoms with Crippen LogP contribution in [0.2, 0.25) is 0 Å². The molecule has 0 fully saturated rings. The monoisotopic (exact) mass is 444 g/mol. The van der Waals surface area contributed by atoms with E-state index in [2.05, 4.69) is 134 Å². The summed E-state index contributed by atoms with van der Waals surface area (Å²) in [7, 11) is 0. The summed E-state index contributed by atoms with van der Waals surface area (Å²) in [5.74, 6) is 0. The third-order valence-corrected chi connectivity index (χ3v) is 7.72. The number of hydrogen-bond donors (Lipinski definition) is 0. The van der Waals surface area contributed by atoms with Crippen molar-refractivity contribution >= 4 is 5.57 Å². The highest BCUT2D eigenvalue weighted by molar-refractivity contribution is 5.98. The van der Waals surface area contributed by atoms with Gasteiger partial charge in [-0.3, -0.25) is 0 Å². The summed E-state index contributed by atoms with van der Waals surface area (Å²) in [5, 5.41) is 0. The Kier molecular flexibility index (Phi) is 4.96. The standard InChI is InChI=1S/C34H36/c1-9-13-28-24(10-2)25-14-11-12-15-29(25)34(28)30-20-22(32(3,4)5)16-18-26(30)27-19-17-23(21-31(27)34)33(6,7)8/h9-21H,2H2,1,3-8H3/b13-9-. The van der Waals surface area contributed by atoms with Crippen LogP contribution in [0.3, 0.4) is 0 Å². The molecule has 0 radical (unpaired) electrons. The van der Waals surface area contributed by atoms with Crippen LogP contribution in [0.15, 0.2) is 91.0 Å². The van der Waals surface area contributed by atoms with E-state index >= 15 is 0 Å². The van der Waals surface area contributed by atoms with Gasteiger partial charge in [-0.1, -0.05) is 127 Å². The summed E-state index contributed by atoms with van der Waals surface area (Å²) < 4.78 is 0. The Morgan fingerprint density at radius 2 is 1.21 bits per heavy atom. The first-order valence-corrected chi connectivity index (χ1v) is 12.4. The molecular formula is C34H36. The molecule has 3 aromatic rings. The molecule has 0 N–H and O–H groups in total. The second kappa shape index (κ2) is 7.44. The maximum absolute atomic E-state index is 4.26. The van der Waals surface area contributed by atoms with Crippen LogP contribution in [0.1, 0.15) is 81.8 Å². The Hall–Kier alpha value is -3.12. The molecule has 1 spiro atoms. The zero-order chi connectivity index (χ0) is 24.5. The van der Waals surface area contributed by atoms with Gasteiger partial charge in [0.2, 0.25) is 0 Å². The van der Waals surface area contributed by atoms with Crippen molar-refractivity contribution in [1.82, 2.24) is 0 Å². The summed E-state index contributed by atoms with van der Waals surface area (Å²) >= 11 is 0. The van der Waals surface area contributed by atoms with Gasteiger partial charge in [-0.15, -0.1) is 0 Å². The molecule has 0 amide bonds. The predicted octanol–water partition coefficient (Wildman–Crippen LogP) is 9.13. The lowest BCUT2D eigenvalue weighted by Crippen LogP contribution is -2.28. The fraction of sp³-hybridized carbons (Fsp3) is 0.294. The van der Waals surface area contributed by atoms with E-state index in [0.29, 0.717) is 0 Å². The van der Waals surface area contributed by atoms with Crippen molar-refractivity contribution in [3.05, 3.63) is 124 Å². The molecular weight excluding hydrogens is 408 g/mol. The lowest BCUT2D eigenvalue weighted by atomic mass is 9.68. The van der Waals surface area contributed by atoms with Crippen LogP contribution in [0.4, 0.5) is 0 Å². The van der Waals surface area contributed by atoms with Crippen molar-refractivity contribution in [2.75, 3.05) is 0 Å². The van der Waals surface area contributed by atoms with Crippen LogP contribution < -0.4 is 0 Å². The molecule has 172 valence electrons. The Morgan fingerprint density at radius 1 is 0.676 bits per heavy atom. The molecule has 2 aliphatic rings. The van der Waals surface area contributed by atoms with E-state index in [1.54, 1.807) is 0 Å². The Labute approximate surface area is 205 Å². The first-order chi connectivity index (χ1) is 16.0. The molecule has 0 bridgehead atoms. The van der Waals surface area contributed by atoms with Crippen LogP contribution in [0.25, 0.3) is 16.7 Å². The zero-order valence-electron chi connectivity index (χ0n) is 21.7. The van der Waals surface area contributed by atoms with Gasteiger partial charge in [0, 0.05) is 0 Å². The minimum Gasteiger partial charge on any atom is -0.0984 e. The van der Waals surface area contributed by atoms with Gasteiger partial charge in [0.25, 0.3) is 0 Å². The van der Waals surface area contributed by atoms with Crippen LogP contribution in [-0.2, 0) is 16.2 Å². The maximum atomic E-state index is 4.26. The first-order valence-electron chi connectivity index (χ1n) is 12.4. The fourth-order valence-corrected chi connectivity index (χ4v) is 5.98. The van der Waals surface area contributed by atoms with Crippen LogP contribution in [0, 0.1) is 0 Å². The molecule has 5 rings (SSSR count). The van der Waals surface area contributed by atoms with E-state index in [-0.39, 0.29) is 16.2 Å². The topological polar surface area (TPSA) is 0 Å². The number of hydrogen-bond acceptors (Lipinski definition) is 0. The lowest BCUT2D eigenvalue weighted by molar-refractivity contribution is 0.586. The van der Waals surface area contributed by atoms with Crippen LogP contribution in [-0.4, -0.2) is 0 Å². The molecule has 0 aromatic heterocycles. The molecule has 0 saturated carbocycles. The van der Waals surface area contributed by atoms with Crippen molar-refractivity contribution in [3.63, 3.8) is 0 Å². The van der Waals surface area contributed by atoms with Gasteiger partial charge in [-0.2, -0.15) is 0 Å². The number of benzene rings is 3. The third kappa shape index (κ3) is 2.97. The molecule has 0 heterocycles. The summed E-state index contributed by atoms with van der Waals surface area (Å²) in [6, 6.07) is 23.3. The quantitative estimate of drug-likeness (QED) is 0.370. The molecule has 3 aromatic carbocycles. The zero-order valence-corrected chi connectivity index (χ0v) is 21.7. The van der Waals surface area contributed by atoms with E-state index in [9.17, 15) is 0 Å². The van der Waals surface area contributed by atoms with E-state index in [1.807, 2.05) is 0 Å². The van der Waals surface area contributed by atoms with E-state index in [0.717, 1.165) is 0 Å². The molecule has 0 aliphatic heterocycles. The van der Waals surface area contributed by atoms with Crippen LogP contribution >= 0.6 is 0 Å². The molecule has 34 heavy (non-hydrogen) atoms. The van der Waals surface area contributed by atoms with Gasteiger partial charge < -0.3 is 0 Å². The summed E-state index contributed by atoms with van der Waals surface area (Å²) in [6.45, 7) is 20.2. The normalized spacial score (nSPS) is 16.2. The average molecular weight is 445 g/mol. The molecule has 0 nitrogen and oxygen atoms in total. The number of allylic oxidation sites excluding steroid dienone is 5. The SMILES string of the molecule is C=CC1=C(/C=C\C)C2(c3ccccc31)c1cc(C(C)(C)C)ccc1-c1ccc(C(C)(C)C)cc12. The highest BCUT2D eigenvalue weighted by Crippen LogP contribution is 2.63. The van der Waals surface area contributed by atoms with Crippen LogP contribution in [0.5, 0.6) is 0 Å². The van der Waals surface area contributed by atoms with E-state index < -0.39 is 0 Å². The minimum absolute atomic E-state index is 0.0748. The lowest BCUT2D eigenvalue weighted by Gasteiger charge is -2.33. The van der Waals surface area contributed by atoms with Crippen molar-refractivity contribution < 1.29 is 0 Å². The Morgan fingerprint density at radius 3 is 1.68 bits per heavy atom. The highest BCUT2D eigenvalue weighted by Gasteiger charge is 2.52. The van der Waals surface area contributed by atoms with Gasteiger partial charge >= 0.3 is 0 Å². The molecule has 0 saturated heterocycles. The van der Waals surface area contributed by atoms with Crippen molar-refractivity contribution in [3.8, 4) is 11.1 Å². The predicted molar refractivity (Wildman–Crippen MR) is 148 cm³/mol. The largest absolute Gasteiger partial charge is 0.0984 e. The van der Waals surface area contributed by atoms with Crippen molar-refractivity contribution in [2.45, 2.75) is 64.7 Å². The van der Waals surface area contributed by atoms with Gasteiger partial charge in [-0.05, 0) is 73.4 Å². The minimum atomic E-state index is -0.334. The Bertz CT molecular complexity index is 1310. The Balaban J connectivity index is 2.00. The number of rotatable bonds is 2. The van der Waals surface area contributed by atoms with Crippen molar-refractivity contribution in [2.24, 2.45) is 0 Å². The van der Waals surface area contributed by atoms with Gasteiger partial charge in [0.1, 0.15) is 0 Å². The second-order valence-corrected chi connectivity index (χ2v) is 11.8. The van der Waals surface area contributed by atoms with Gasteiger partial charge in [0.15, 0.2) is 0 Å². The molecule has 0 heteroatoms. The second-order valence-electron chi connectivity index (χ2n) is 11.8. The van der Waals surface area contributed by atoms with Gasteiger partial charge in [-0.25, -0.2) is 0 Å². The number of fused-ring (bicyclic) bond motifs is 7. The fourth-order valence-electron chi connectivity index (χ4n) is 5.98. The third-order valence-electron chi connectivity index (χ3n) is 7.72. The average Bonchev–Trinajstić information content (AvgIpc) is 3.23. The molecule has 0 atom stereocenters. The smallest absolute Gasteiger partial charge is 0.0725 e. The summed E-state index contributed by atoms with van der Waals surface area (Å²) in [6.07, 6.45) is 6.57. The summed E-state index contributed by atoms with van der Waals surface area (Å²) in [5.41, 5.74) is 13.3. The van der Waals surface area contributed by atoms with Gasteiger partial charge in [0.05, 0.1) is 5.41 Å². The first kappa shape index (κ1) is 22.7.